The molecule has 1 saturated carbocycles. The van der Waals surface area contributed by atoms with E-state index in [-0.39, 0.29) is 42.5 Å². The third-order valence-corrected chi connectivity index (χ3v) is 9.15. The summed E-state index contributed by atoms with van der Waals surface area (Å²) in [5.74, 6) is -1.87. The topological polar surface area (TPSA) is 101 Å². The number of hydrogen-bond acceptors (Lipinski definition) is 6. The van der Waals surface area contributed by atoms with Crippen LogP contribution in [0.15, 0.2) is 47.1 Å². The van der Waals surface area contributed by atoms with Crippen LogP contribution in [0.1, 0.15) is 52.0 Å². The molecule has 0 radical (unpaired) electrons. The molecule has 0 bridgehead atoms. The predicted molar refractivity (Wildman–Crippen MR) is 132 cm³/mol. The molecule has 5 rings (SSSR count). The Morgan fingerprint density at radius 3 is 2.36 bits per heavy atom. The van der Waals surface area contributed by atoms with Crippen molar-refractivity contribution in [3.05, 3.63) is 52.6 Å². The molecule has 1 aliphatic heterocycles. The maximum atomic E-state index is 13.9. The standard InChI is InChI=1S/C29H33NO6/c1-5-30-27(34)20-11-10-19-21(23(20)28(30)35)14-22-25(32)15(2)16(3)26(33)29(22,4)24(19)17-6-8-18(9-7-17)36-13-12-31/h6-10,20-24,31H,5,11-14H2,1-4H3/t20-,21+,22-,23-,24-,29+/m0/s1. The quantitative estimate of drug-likeness (QED) is 0.501. The minimum atomic E-state index is -0.987. The second kappa shape index (κ2) is 8.80. The number of rotatable bonds is 5. The van der Waals surface area contributed by atoms with Gasteiger partial charge in [-0.25, -0.2) is 0 Å². The Balaban J connectivity index is 1.66. The molecule has 1 heterocycles. The average Bonchev–Trinajstić information content (AvgIpc) is 3.13. The second-order valence-electron chi connectivity index (χ2n) is 10.7. The van der Waals surface area contributed by atoms with E-state index < -0.39 is 29.1 Å². The summed E-state index contributed by atoms with van der Waals surface area (Å²) in [6.07, 6.45) is 2.92. The van der Waals surface area contributed by atoms with Crippen molar-refractivity contribution in [2.24, 2.45) is 29.1 Å². The molecule has 0 unspecified atom stereocenters. The lowest BCUT2D eigenvalue weighted by Gasteiger charge is -2.54. The van der Waals surface area contributed by atoms with E-state index in [1.807, 2.05) is 38.1 Å². The molecule has 36 heavy (non-hydrogen) atoms. The largest absolute Gasteiger partial charge is 0.491 e. The summed E-state index contributed by atoms with van der Waals surface area (Å²) in [4.78, 5) is 55.4. The SMILES string of the molecule is CCN1C(=O)[C@H]2[C@H](CC=C3[C@H]2C[C@H]2C(=O)C(C)=C(C)C(=O)[C@@]2(C)[C@H]3c2ccc(OCCO)cc2)C1=O. The maximum absolute atomic E-state index is 13.9. The van der Waals surface area contributed by atoms with Gasteiger partial charge >= 0.3 is 0 Å². The summed E-state index contributed by atoms with van der Waals surface area (Å²) in [7, 11) is 0. The van der Waals surface area contributed by atoms with Gasteiger partial charge in [0.15, 0.2) is 11.6 Å². The van der Waals surface area contributed by atoms with Crippen molar-refractivity contribution in [1.29, 1.82) is 0 Å². The molecule has 2 amide bonds. The fourth-order valence-electron chi connectivity index (χ4n) is 7.26. The lowest BCUT2D eigenvalue weighted by Crippen LogP contribution is -2.55. The Bertz CT molecular complexity index is 1210. The van der Waals surface area contributed by atoms with Crippen LogP contribution in [0, 0.1) is 29.1 Å². The molecule has 0 aromatic heterocycles. The van der Waals surface area contributed by atoms with Crippen LogP contribution >= 0.6 is 0 Å². The number of aliphatic hydroxyl groups is 1. The number of carbonyl (C=O) groups is 4. The molecule has 1 saturated heterocycles. The molecule has 1 aromatic rings. The minimum absolute atomic E-state index is 0.0271. The number of nitrogens with zero attached hydrogens (tertiary/aromatic N) is 1. The summed E-state index contributed by atoms with van der Waals surface area (Å²) in [5, 5.41) is 9.07. The molecule has 190 valence electrons. The van der Waals surface area contributed by atoms with Gasteiger partial charge in [0, 0.05) is 18.4 Å². The first-order valence-electron chi connectivity index (χ1n) is 12.8. The fourth-order valence-corrected chi connectivity index (χ4v) is 7.26. The van der Waals surface area contributed by atoms with Crippen molar-refractivity contribution >= 4 is 23.4 Å². The van der Waals surface area contributed by atoms with E-state index >= 15 is 0 Å². The summed E-state index contributed by atoms with van der Waals surface area (Å²) >= 11 is 0. The van der Waals surface area contributed by atoms with Crippen molar-refractivity contribution < 1.29 is 29.0 Å². The van der Waals surface area contributed by atoms with Crippen LogP contribution < -0.4 is 4.74 Å². The molecule has 6 atom stereocenters. The Morgan fingerprint density at radius 1 is 1.03 bits per heavy atom. The third-order valence-electron chi connectivity index (χ3n) is 9.15. The number of Topliss-reactive ketones (excluding diaryl/α,β-unsaturated/α-hetero) is 2. The highest BCUT2D eigenvalue weighted by Gasteiger charge is 2.63. The van der Waals surface area contributed by atoms with Gasteiger partial charge in [0.05, 0.1) is 23.9 Å². The van der Waals surface area contributed by atoms with Crippen molar-refractivity contribution in [2.75, 3.05) is 19.8 Å². The van der Waals surface area contributed by atoms with Crippen LogP contribution in [0.4, 0.5) is 0 Å². The van der Waals surface area contributed by atoms with E-state index in [1.165, 1.54) is 4.90 Å². The van der Waals surface area contributed by atoms with Crippen LogP contribution in [0.5, 0.6) is 5.75 Å². The van der Waals surface area contributed by atoms with E-state index in [9.17, 15) is 19.2 Å². The first-order valence-corrected chi connectivity index (χ1v) is 12.8. The highest BCUT2D eigenvalue weighted by Crippen LogP contribution is 2.63. The predicted octanol–water partition coefficient (Wildman–Crippen LogP) is 3.22. The molecule has 4 aliphatic rings. The number of benzene rings is 1. The normalized spacial score (nSPS) is 33.9. The monoisotopic (exact) mass is 491 g/mol. The lowest BCUT2D eigenvalue weighted by atomic mass is 9.46. The summed E-state index contributed by atoms with van der Waals surface area (Å²) < 4.78 is 5.53. The Morgan fingerprint density at radius 2 is 1.72 bits per heavy atom. The molecule has 0 spiro atoms. The summed E-state index contributed by atoms with van der Waals surface area (Å²) in [6.45, 7) is 7.58. The number of ether oxygens (including phenoxy) is 1. The Labute approximate surface area is 211 Å². The van der Waals surface area contributed by atoms with Crippen LogP contribution in [0.2, 0.25) is 0 Å². The van der Waals surface area contributed by atoms with Gasteiger partial charge < -0.3 is 9.84 Å². The molecule has 2 fully saturated rings. The van der Waals surface area contributed by atoms with Crippen molar-refractivity contribution in [3.8, 4) is 5.75 Å². The molecule has 7 heteroatoms. The number of allylic oxidation sites excluding steroid dienone is 4. The van der Waals surface area contributed by atoms with E-state index in [0.29, 0.717) is 36.3 Å². The van der Waals surface area contributed by atoms with Crippen LogP contribution in [-0.2, 0) is 19.2 Å². The van der Waals surface area contributed by atoms with Crippen molar-refractivity contribution in [3.63, 3.8) is 0 Å². The van der Waals surface area contributed by atoms with Gasteiger partial charge in [0.2, 0.25) is 11.8 Å². The minimum Gasteiger partial charge on any atom is -0.491 e. The molecule has 3 aliphatic carbocycles. The number of ketones is 2. The smallest absolute Gasteiger partial charge is 0.233 e. The number of carbonyl (C=O) groups excluding carboxylic acids is 4. The van der Waals surface area contributed by atoms with Gasteiger partial charge in [-0.15, -0.1) is 0 Å². The van der Waals surface area contributed by atoms with E-state index in [4.69, 9.17) is 9.84 Å². The number of likely N-dealkylation sites (tertiary alicyclic amines) is 1. The first-order chi connectivity index (χ1) is 17.2. The fraction of sp³-hybridized carbons (Fsp3) is 0.517. The first kappa shape index (κ1) is 24.6. The lowest BCUT2D eigenvalue weighted by molar-refractivity contribution is -0.143. The van der Waals surface area contributed by atoms with Gasteiger partial charge in [-0.05, 0) is 68.4 Å². The zero-order valence-electron chi connectivity index (χ0n) is 21.2. The summed E-state index contributed by atoms with van der Waals surface area (Å²) in [6, 6.07) is 7.44. The average molecular weight is 492 g/mol. The zero-order valence-corrected chi connectivity index (χ0v) is 21.2. The molecule has 1 aromatic carbocycles. The molecule has 7 nitrogen and oxygen atoms in total. The van der Waals surface area contributed by atoms with Gasteiger partial charge in [-0.1, -0.05) is 30.7 Å². The number of imide groups is 1. The van der Waals surface area contributed by atoms with Gasteiger partial charge in [-0.3, -0.25) is 24.1 Å². The number of fused-ring (bicyclic) bond motifs is 4. The second-order valence-corrected chi connectivity index (χ2v) is 10.7. The third kappa shape index (κ3) is 3.28. The van der Waals surface area contributed by atoms with Gasteiger partial charge in [0.25, 0.3) is 0 Å². The van der Waals surface area contributed by atoms with E-state index in [0.717, 1.165) is 11.1 Å². The van der Waals surface area contributed by atoms with Crippen LogP contribution in [0.3, 0.4) is 0 Å². The van der Waals surface area contributed by atoms with Crippen molar-refractivity contribution in [2.45, 2.75) is 46.5 Å². The summed E-state index contributed by atoms with van der Waals surface area (Å²) in [5.41, 5.74) is 1.89. The van der Waals surface area contributed by atoms with Crippen LogP contribution in [0.25, 0.3) is 0 Å². The van der Waals surface area contributed by atoms with Gasteiger partial charge in [-0.2, -0.15) is 0 Å². The number of amides is 2. The maximum Gasteiger partial charge on any atom is 0.233 e. The van der Waals surface area contributed by atoms with Crippen LogP contribution in [-0.4, -0.2) is 53.1 Å². The highest BCUT2D eigenvalue weighted by atomic mass is 16.5. The zero-order chi connectivity index (χ0) is 25.9. The van der Waals surface area contributed by atoms with E-state index in [1.54, 1.807) is 13.8 Å². The Kier molecular flexibility index (Phi) is 6.02. The van der Waals surface area contributed by atoms with Gasteiger partial charge in [0.1, 0.15) is 12.4 Å². The Hall–Kier alpha value is -3.06. The van der Waals surface area contributed by atoms with E-state index in [2.05, 4.69) is 6.08 Å². The molecule has 1 N–H and O–H groups in total. The number of aliphatic hydroxyl groups excluding tert-OH is 1. The highest BCUT2D eigenvalue weighted by molar-refractivity contribution is 6.16. The molecular formula is C29H33NO6. The van der Waals surface area contributed by atoms with Crippen molar-refractivity contribution in [1.82, 2.24) is 4.90 Å². The number of hydrogen-bond donors (Lipinski definition) is 1. The molecular weight excluding hydrogens is 458 g/mol.